The number of carbonyl (C=O) groups is 1. The molecule has 0 bridgehead atoms. The van der Waals surface area contributed by atoms with Gasteiger partial charge in [-0.25, -0.2) is 18.9 Å². The number of carbonyl (C=O) groups excluding carboxylic acids is 1. The molecular formula is C21H23ClF2N4O3S. The topological polar surface area (TPSA) is 90.5 Å². The van der Waals surface area contributed by atoms with Crippen LogP contribution >= 0.6 is 11.6 Å². The van der Waals surface area contributed by atoms with Crippen molar-refractivity contribution in [3.63, 3.8) is 0 Å². The Balaban J connectivity index is 1.69. The van der Waals surface area contributed by atoms with Gasteiger partial charge < -0.3 is 0 Å². The molecular weight excluding hydrogens is 462 g/mol. The maximum absolute atomic E-state index is 13.6. The molecule has 0 saturated carbocycles. The van der Waals surface area contributed by atoms with Crippen LogP contribution in [0.25, 0.3) is 0 Å². The predicted octanol–water partition coefficient (Wildman–Crippen LogP) is 2.52. The fourth-order valence-electron chi connectivity index (χ4n) is 4.23. The van der Waals surface area contributed by atoms with Gasteiger partial charge >= 0.3 is 10.2 Å². The Morgan fingerprint density at radius 3 is 2.31 bits per heavy atom. The van der Waals surface area contributed by atoms with Crippen molar-refractivity contribution in [2.24, 2.45) is 0 Å². The van der Waals surface area contributed by atoms with Gasteiger partial charge in [-0.3, -0.25) is 10.2 Å². The van der Waals surface area contributed by atoms with E-state index >= 15 is 0 Å². The predicted molar refractivity (Wildman–Crippen MR) is 116 cm³/mol. The van der Waals surface area contributed by atoms with Crippen molar-refractivity contribution in [3.8, 4) is 0 Å². The molecule has 0 aliphatic carbocycles. The van der Waals surface area contributed by atoms with Crippen LogP contribution in [0.1, 0.15) is 29.9 Å². The quantitative estimate of drug-likeness (QED) is 0.606. The number of nitrogens with one attached hydrogen (secondary N) is 3. The van der Waals surface area contributed by atoms with E-state index in [0.717, 1.165) is 9.87 Å². The molecule has 7 nitrogen and oxygen atoms in total. The molecule has 172 valence electrons. The first kappa shape index (κ1) is 23.1. The van der Waals surface area contributed by atoms with E-state index in [4.69, 9.17) is 11.6 Å². The first-order valence-electron chi connectivity index (χ1n) is 10.2. The maximum atomic E-state index is 13.6. The number of hydrogen-bond acceptors (Lipinski definition) is 5. The van der Waals surface area contributed by atoms with E-state index in [-0.39, 0.29) is 13.1 Å². The van der Waals surface area contributed by atoms with Crippen LogP contribution in [0, 0.1) is 0 Å². The second-order valence-electron chi connectivity index (χ2n) is 7.98. The van der Waals surface area contributed by atoms with Gasteiger partial charge in [0.05, 0.1) is 0 Å². The number of halogens is 3. The Kier molecular flexibility index (Phi) is 6.25. The van der Waals surface area contributed by atoms with Crippen LogP contribution < -0.4 is 15.6 Å². The monoisotopic (exact) mass is 484 g/mol. The van der Waals surface area contributed by atoms with Crippen LogP contribution in [-0.4, -0.2) is 44.2 Å². The zero-order valence-electron chi connectivity index (χ0n) is 17.0. The molecule has 2 aromatic carbocycles. The highest BCUT2D eigenvalue weighted by atomic mass is 35.5. The lowest BCUT2D eigenvalue weighted by atomic mass is 9.75. The summed E-state index contributed by atoms with van der Waals surface area (Å²) in [7, 11) is -4.32. The van der Waals surface area contributed by atoms with Gasteiger partial charge in [-0.15, -0.1) is 0 Å². The van der Waals surface area contributed by atoms with Gasteiger partial charge in [0, 0.05) is 43.4 Å². The zero-order valence-corrected chi connectivity index (χ0v) is 18.6. The van der Waals surface area contributed by atoms with E-state index in [1.807, 2.05) is 30.3 Å². The van der Waals surface area contributed by atoms with Gasteiger partial charge in [0.25, 0.3) is 11.8 Å². The number of nitrogens with zero attached hydrogens (tertiary/aromatic N) is 1. The van der Waals surface area contributed by atoms with E-state index in [1.54, 1.807) is 24.3 Å². The van der Waals surface area contributed by atoms with Gasteiger partial charge in [0.1, 0.15) is 5.54 Å². The Bertz CT molecular complexity index is 1080. The summed E-state index contributed by atoms with van der Waals surface area (Å²) in [6.07, 6.45) is -1.17. The van der Waals surface area contributed by atoms with Crippen molar-refractivity contribution >= 4 is 27.7 Å². The van der Waals surface area contributed by atoms with Crippen molar-refractivity contribution in [2.75, 3.05) is 19.6 Å². The minimum absolute atomic E-state index is 0.357. The van der Waals surface area contributed by atoms with E-state index in [0.29, 0.717) is 17.1 Å². The van der Waals surface area contributed by atoms with Gasteiger partial charge in [-0.2, -0.15) is 12.7 Å². The van der Waals surface area contributed by atoms with Gasteiger partial charge in [0.2, 0.25) is 0 Å². The second-order valence-corrected chi connectivity index (χ2v) is 10.1. The molecule has 3 N–H and O–H groups in total. The molecule has 32 heavy (non-hydrogen) atoms. The normalized spacial score (nSPS) is 26.0. The molecule has 0 aromatic heterocycles. The molecule has 4 rings (SSSR count). The number of alkyl halides is 2. The number of hydrazine groups is 1. The summed E-state index contributed by atoms with van der Waals surface area (Å²) in [5, 5.41) is 0.466. The van der Waals surface area contributed by atoms with E-state index < -0.39 is 46.3 Å². The first-order chi connectivity index (χ1) is 15.1. The summed E-state index contributed by atoms with van der Waals surface area (Å²) in [6.45, 7) is -0.370. The average molecular weight is 485 g/mol. The third kappa shape index (κ3) is 4.38. The Hall–Kier alpha value is -2.11. The summed E-state index contributed by atoms with van der Waals surface area (Å²) in [5.41, 5.74) is 5.83. The summed E-state index contributed by atoms with van der Waals surface area (Å²) in [5.74, 6) is -4.17. The number of hydrogen-bond donors (Lipinski definition) is 3. The van der Waals surface area contributed by atoms with Crippen molar-refractivity contribution < 1.29 is 22.0 Å². The van der Waals surface area contributed by atoms with E-state index in [9.17, 15) is 22.0 Å². The Labute approximate surface area is 190 Å². The molecule has 2 atom stereocenters. The van der Waals surface area contributed by atoms with Crippen molar-refractivity contribution in [1.29, 1.82) is 0 Å². The summed E-state index contributed by atoms with van der Waals surface area (Å²) in [6, 6.07) is 15.8. The molecule has 0 radical (unpaired) electrons. The van der Waals surface area contributed by atoms with E-state index in [2.05, 4.69) is 15.6 Å². The third-order valence-electron chi connectivity index (χ3n) is 5.99. The van der Waals surface area contributed by atoms with Crippen LogP contribution in [0.5, 0.6) is 0 Å². The Morgan fingerprint density at radius 1 is 1.06 bits per heavy atom. The van der Waals surface area contributed by atoms with Crippen LogP contribution in [0.3, 0.4) is 0 Å². The van der Waals surface area contributed by atoms with Gasteiger partial charge in [0.15, 0.2) is 0 Å². The minimum Gasteiger partial charge on any atom is -0.271 e. The van der Waals surface area contributed by atoms with Crippen molar-refractivity contribution in [3.05, 3.63) is 70.7 Å². The minimum atomic E-state index is -4.32. The lowest BCUT2D eigenvalue weighted by Crippen LogP contribution is -2.59. The lowest BCUT2D eigenvalue weighted by Gasteiger charge is -2.36. The summed E-state index contributed by atoms with van der Waals surface area (Å²) < 4.78 is 55.8. The third-order valence-corrected chi connectivity index (χ3v) is 7.73. The summed E-state index contributed by atoms with van der Waals surface area (Å²) >= 11 is 6.03. The van der Waals surface area contributed by atoms with E-state index in [1.165, 1.54) is 0 Å². The van der Waals surface area contributed by atoms with Crippen LogP contribution in [0.15, 0.2) is 54.6 Å². The molecule has 2 aliphatic heterocycles. The molecule has 2 heterocycles. The molecule has 2 saturated heterocycles. The van der Waals surface area contributed by atoms with Crippen molar-refractivity contribution in [2.45, 2.75) is 30.2 Å². The number of amides is 1. The molecule has 2 aromatic rings. The summed E-state index contributed by atoms with van der Waals surface area (Å²) in [4.78, 5) is 13.6. The first-order valence-corrected chi connectivity index (χ1v) is 12.0. The molecule has 11 heteroatoms. The highest BCUT2D eigenvalue weighted by Gasteiger charge is 2.53. The fraction of sp³-hybridized carbons (Fsp3) is 0.381. The number of benzene rings is 2. The zero-order chi connectivity index (χ0) is 23.0. The number of rotatable bonds is 5. The largest absolute Gasteiger partial charge is 0.303 e. The van der Waals surface area contributed by atoms with Crippen LogP contribution in [0.2, 0.25) is 5.02 Å². The fourth-order valence-corrected chi connectivity index (χ4v) is 5.55. The highest BCUT2D eigenvalue weighted by molar-refractivity contribution is 7.87. The van der Waals surface area contributed by atoms with Gasteiger partial charge in [-0.1, -0.05) is 54.1 Å². The maximum Gasteiger partial charge on any atom is 0.303 e. The van der Waals surface area contributed by atoms with Crippen LogP contribution in [-0.2, 0) is 20.5 Å². The van der Waals surface area contributed by atoms with Crippen LogP contribution in [0.4, 0.5) is 8.78 Å². The standard InChI is InChI=1S/C21H23ClF2N4O3S/c22-17-8-6-16(7-9-17)21(18(14-25-27-21)15-4-2-1-3-5-15)19(29)26-32(30,31)28-12-10-20(23,24)11-13-28/h1-9,18,25,27H,10-14H2,(H,26,29). The highest BCUT2D eigenvalue weighted by Crippen LogP contribution is 2.40. The number of piperidine rings is 1. The molecule has 2 fully saturated rings. The molecule has 1 amide bonds. The Morgan fingerprint density at radius 2 is 1.69 bits per heavy atom. The SMILES string of the molecule is O=C(NS(=O)(=O)N1CCC(F)(F)CC1)C1(c2ccc(Cl)cc2)NNCC1c1ccccc1. The lowest BCUT2D eigenvalue weighted by molar-refractivity contribution is -0.126. The average Bonchev–Trinajstić information content (AvgIpc) is 3.20. The van der Waals surface area contributed by atoms with Gasteiger partial charge in [-0.05, 0) is 23.3 Å². The molecule has 0 spiro atoms. The second kappa shape index (κ2) is 8.68. The smallest absolute Gasteiger partial charge is 0.271 e. The molecule has 2 unspecified atom stereocenters. The molecule has 2 aliphatic rings. The van der Waals surface area contributed by atoms with Crippen molar-refractivity contribution in [1.82, 2.24) is 19.9 Å².